The number of phenolic OH excluding ortho intramolecular Hbond substituents is 1. The molecule has 32 heavy (non-hydrogen) atoms. The van der Waals surface area contributed by atoms with Gasteiger partial charge in [-0.2, -0.15) is 0 Å². The topological polar surface area (TPSA) is 66.3 Å². The first-order valence-electron chi connectivity index (χ1n) is 11.8. The van der Waals surface area contributed by atoms with Crippen molar-refractivity contribution < 1.29 is 14.6 Å². The molecule has 0 radical (unpaired) electrons. The van der Waals surface area contributed by atoms with Gasteiger partial charge in [-0.05, 0) is 69.1 Å². The molecule has 1 spiro atoms. The Morgan fingerprint density at radius 2 is 1.75 bits per heavy atom. The van der Waals surface area contributed by atoms with E-state index < -0.39 is 0 Å². The van der Waals surface area contributed by atoms with E-state index >= 15 is 0 Å². The number of hydrogen-bond acceptors (Lipinski definition) is 6. The van der Waals surface area contributed by atoms with E-state index in [1.807, 2.05) is 44.2 Å². The molecule has 172 valence electrons. The molecule has 0 saturated carbocycles. The summed E-state index contributed by atoms with van der Waals surface area (Å²) >= 11 is 0. The van der Waals surface area contributed by atoms with Crippen molar-refractivity contribution in [2.75, 3.05) is 32.8 Å². The lowest BCUT2D eigenvalue weighted by Crippen LogP contribution is -2.56. The highest BCUT2D eigenvalue weighted by atomic mass is 16.5. The molecule has 2 aromatic rings. The molecule has 0 bridgehead atoms. The summed E-state index contributed by atoms with van der Waals surface area (Å²) in [5, 5.41) is 14.8. The van der Waals surface area contributed by atoms with Crippen LogP contribution in [0.4, 0.5) is 0 Å². The van der Waals surface area contributed by atoms with E-state index in [4.69, 9.17) is 14.5 Å². The van der Waals surface area contributed by atoms with Crippen LogP contribution >= 0.6 is 0 Å². The first-order chi connectivity index (χ1) is 15.6. The highest BCUT2D eigenvalue weighted by Crippen LogP contribution is 2.40. The lowest BCUT2D eigenvalue weighted by molar-refractivity contribution is 0.129. The zero-order chi connectivity index (χ0) is 22.6. The van der Waals surface area contributed by atoms with Crippen molar-refractivity contribution in [1.29, 1.82) is 0 Å². The average molecular weight is 438 g/mol. The molecule has 1 fully saturated rings. The molecule has 2 aromatic carbocycles. The number of rotatable bonds is 7. The first-order valence-corrected chi connectivity index (χ1v) is 11.8. The number of hydrogen-bond donors (Lipinski definition) is 2. The highest BCUT2D eigenvalue weighted by molar-refractivity contribution is 6.02. The zero-order valence-corrected chi connectivity index (χ0v) is 19.4. The summed E-state index contributed by atoms with van der Waals surface area (Å²) in [6.07, 6.45) is 2.60. The summed E-state index contributed by atoms with van der Waals surface area (Å²) in [4.78, 5) is 7.74. The fourth-order valence-corrected chi connectivity index (χ4v) is 4.77. The van der Waals surface area contributed by atoms with Gasteiger partial charge in [-0.1, -0.05) is 19.1 Å². The molecule has 2 aliphatic heterocycles. The molecule has 2 N–H and O–H groups in total. The lowest BCUT2D eigenvalue weighted by atomic mass is 9.87. The van der Waals surface area contributed by atoms with Gasteiger partial charge < -0.3 is 19.5 Å². The van der Waals surface area contributed by atoms with Crippen molar-refractivity contribution >= 4 is 5.71 Å². The van der Waals surface area contributed by atoms with Gasteiger partial charge in [0.05, 0.1) is 13.2 Å². The van der Waals surface area contributed by atoms with Crippen LogP contribution in [-0.4, -0.2) is 54.2 Å². The van der Waals surface area contributed by atoms with Crippen LogP contribution in [-0.2, 0) is 0 Å². The van der Waals surface area contributed by atoms with Crippen LogP contribution in [0.2, 0.25) is 0 Å². The second-order valence-electron chi connectivity index (χ2n) is 8.51. The Labute approximate surface area is 191 Å². The largest absolute Gasteiger partial charge is 0.504 e. The third-order valence-corrected chi connectivity index (χ3v) is 6.52. The molecule has 1 atom stereocenters. The van der Waals surface area contributed by atoms with Gasteiger partial charge in [0.1, 0.15) is 11.4 Å². The van der Waals surface area contributed by atoms with Gasteiger partial charge in [0.25, 0.3) is 0 Å². The quantitative estimate of drug-likeness (QED) is 0.666. The maximum atomic E-state index is 11.0. The molecule has 0 aromatic heterocycles. The lowest BCUT2D eigenvalue weighted by Gasteiger charge is -2.45. The van der Waals surface area contributed by atoms with E-state index in [0.717, 1.165) is 55.1 Å². The van der Waals surface area contributed by atoms with E-state index in [1.54, 1.807) is 0 Å². The molecule has 1 saturated heterocycles. The van der Waals surface area contributed by atoms with Crippen molar-refractivity contribution in [2.24, 2.45) is 4.99 Å². The van der Waals surface area contributed by atoms with E-state index in [-0.39, 0.29) is 17.5 Å². The van der Waals surface area contributed by atoms with Gasteiger partial charge in [-0.3, -0.25) is 10.3 Å². The van der Waals surface area contributed by atoms with Crippen molar-refractivity contribution in [1.82, 2.24) is 10.2 Å². The van der Waals surface area contributed by atoms with Gasteiger partial charge in [0, 0.05) is 36.8 Å². The Morgan fingerprint density at radius 1 is 1.03 bits per heavy atom. The number of nitrogens with one attached hydrogen (secondary N) is 1. The van der Waals surface area contributed by atoms with Crippen LogP contribution in [0, 0.1) is 0 Å². The van der Waals surface area contributed by atoms with Crippen molar-refractivity contribution in [3.63, 3.8) is 0 Å². The maximum absolute atomic E-state index is 11.0. The third kappa shape index (κ3) is 4.76. The predicted molar refractivity (Wildman–Crippen MR) is 128 cm³/mol. The van der Waals surface area contributed by atoms with Crippen LogP contribution in [0.3, 0.4) is 0 Å². The van der Waals surface area contributed by atoms with Gasteiger partial charge in [-0.15, -0.1) is 0 Å². The minimum absolute atomic E-state index is 0.0392. The first kappa shape index (κ1) is 22.6. The average Bonchev–Trinajstić information content (AvgIpc) is 2.81. The standard InChI is InChI=1S/C26H35N3O3/c1-4-29-16-14-26(15-17-29)27-22(19-10-12-20(13-11-19)31-5-2)18-23(28-26)21-8-7-9-24(25(21)30)32-6-3/h7-13,23,28,30H,4-6,14-18H2,1-3H3/t23-/m1/s1. The molecule has 0 amide bonds. The SMILES string of the molecule is CCOc1ccc(C2=NC3(CCN(CC)CC3)N[C@@H](c3cccc(OCC)c3O)C2)cc1. The number of aliphatic imine (C=N–C) groups is 1. The van der Waals surface area contributed by atoms with Crippen LogP contribution in [0.1, 0.15) is 57.2 Å². The number of piperidine rings is 1. The summed E-state index contributed by atoms with van der Waals surface area (Å²) in [7, 11) is 0. The fourth-order valence-electron chi connectivity index (χ4n) is 4.77. The van der Waals surface area contributed by atoms with E-state index in [9.17, 15) is 5.11 Å². The summed E-state index contributed by atoms with van der Waals surface area (Å²) in [5.41, 5.74) is 2.73. The molecular formula is C26H35N3O3. The second-order valence-corrected chi connectivity index (χ2v) is 8.51. The van der Waals surface area contributed by atoms with E-state index in [2.05, 4.69) is 29.3 Å². The van der Waals surface area contributed by atoms with Gasteiger partial charge in [-0.25, -0.2) is 0 Å². The monoisotopic (exact) mass is 437 g/mol. The minimum atomic E-state index is -0.323. The number of para-hydroxylation sites is 1. The van der Waals surface area contributed by atoms with Gasteiger partial charge >= 0.3 is 0 Å². The molecule has 4 rings (SSSR count). The van der Waals surface area contributed by atoms with E-state index in [0.29, 0.717) is 25.4 Å². The Hall–Kier alpha value is -2.57. The molecule has 2 aliphatic rings. The van der Waals surface area contributed by atoms with E-state index in [1.165, 1.54) is 0 Å². The summed E-state index contributed by atoms with van der Waals surface area (Å²) < 4.78 is 11.3. The normalized spacial score (nSPS) is 20.7. The number of aromatic hydroxyl groups is 1. The van der Waals surface area contributed by atoms with Crippen molar-refractivity contribution in [3.05, 3.63) is 53.6 Å². The smallest absolute Gasteiger partial charge is 0.162 e. The Balaban J connectivity index is 1.68. The molecule has 2 heterocycles. The van der Waals surface area contributed by atoms with Gasteiger partial charge in [0.15, 0.2) is 11.5 Å². The van der Waals surface area contributed by atoms with Crippen LogP contribution < -0.4 is 14.8 Å². The molecule has 6 heteroatoms. The highest BCUT2D eigenvalue weighted by Gasteiger charge is 2.40. The van der Waals surface area contributed by atoms with Crippen LogP contribution in [0.15, 0.2) is 47.5 Å². The molecule has 0 aliphatic carbocycles. The molecule has 0 unspecified atom stereocenters. The number of ether oxygens (including phenoxy) is 2. The van der Waals surface area contributed by atoms with Crippen LogP contribution in [0.25, 0.3) is 0 Å². The van der Waals surface area contributed by atoms with Crippen molar-refractivity contribution in [3.8, 4) is 17.2 Å². The van der Waals surface area contributed by atoms with Crippen molar-refractivity contribution in [2.45, 2.75) is 51.7 Å². The summed E-state index contributed by atoms with van der Waals surface area (Å²) in [5.74, 6) is 1.63. The summed E-state index contributed by atoms with van der Waals surface area (Å²) in [6, 6.07) is 13.9. The Bertz CT molecular complexity index is 934. The second kappa shape index (κ2) is 9.92. The predicted octanol–water partition coefficient (Wildman–Crippen LogP) is 4.53. The number of nitrogens with zero attached hydrogens (tertiary/aromatic N) is 2. The number of likely N-dealkylation sites (tertiary alicyclic amines) is 1. The number of benzene rings is 2. The minimum Gasteiger partial charge on any atom is -0.504 e. The Morgan fingerprint density at radius 3 is 2.41 bits per heavy atom. The number of phenols is 1. The Kier molecular flexibility index (Phi) is 7.01. The summed E-state index contributed by atoms with van der Waals surface area (Å²) in [6.45, 7) is 10.4. The van der Waals surface area contributed by atoms with Crippen LogP contribution in [0.5, 0.6) is 17.2 Å². The third-order valence-electron chi connectivity index (χ3n) is 6.52. The molecule has 6 nitrogen and oxygen atoms in total. The maximum Gasteiger partial charge on any atom is 0.162 e. The fraction of sp³-hybridized carbons (Fsp3) is 0.500. The van der Waals surface area contributed by atoms with Gasteiger partial charge in [0.2, 0.25) is 0 Å². The zero-order valence-electron chi connectivity index (χ0n) is 19.4. The molecular weight excluding hydrogens is 402 g/mol.